The van der Waals surface area contributed by atoms with Gasteiger partial charge in [0.1, 0.15) is 5.75 Å². The number of hydrogen-bond acceptors (Lipinski definition) is 5. The zero-order valence-corrected chi connectivity index (χ0v) is 19.5. The van der Waals surface area contributed by atoms with E-state index in [1.807, 2.05) is 62.5 Å². The quantitative estimate of drug-likeness (QED) is 0.574. The first-order valence-corrected chi connectivity index (χ1v) is 10.9. The summed E-state index contributed by atoms with van der Waals surface area (Å²) < 4.78 is 6.98. The van der Waals surface area contributed by atoms with Gasteiger partial charge in [-0.1, -0.05) is 23.8 Å². The Labute approximate surface area is 187 Å². The molecule has 2 amide bonds. The van der Waals surface area contributed by atoms with E-state index in [2.05, 4.69) is 4.90 Å². The molecule has 0 spiro atoms. The van der Waals surface area contributed by atoms with Gasteiger partial charge in [0, 0.05) is 43.0 Å². The Bertz CT molecular complexity index is 1090. The van der Waals surface area contributed by atoms with Gasteiger partial charge in [0.2, 0.25) is 0 Å². The lowest BCUT2D eigenvalue weighted by molar-refractivity contribution is -0.143. The van der Waals surface area contributed by atoms with E-state index in [0.717, 1.165) is 21.3 Å². The zero-order chi connectivity index (χ0) is 22.8. The van der Waals surface area contributed by atoms with Crippen molar-refractivity contribution in [2.24, 2.45) is 5.73 Å². The van der Waals surface area contributed by atoms with Gasteiger partial charge in [0.25, 0.3) is 11.8 Å². The second-order valence-electron chi connectivity index (χ2n) is 8.24. The second kappa shape index (κ2) is 8.98. The highest BCUT2D eigenvalue weighted by Crippen LogP contribution is 2.32. The van der Waals surface area contributed by atoms with Crippen LogP contribution in [0.15, 0.2) is 48.5 Å². The topological polar surface area (TPSA) is 75.9 Å². The Balaban J connectivity index is 1.66. The molecule has 0 unspecified atom stereocenters. The minimum absolute atomic E-state index is 0.0915. The van der Waals surface area contributed by atoms with Gasteiger partial charge in [0.05, 0.1) is 4.88 Å². The number of ether oxygens (including phenoxy) is 1. The number of amides is 2. The first-order valence-electron chi connectivity index (χ1n) is 10.1. The fourth-order valence-corrected chi connectivity index (χ4v) is 4.36. The molecule has 1 aromatic heterocycles. The molecule has 0 aliphatic carbocycles. The van der Waals surface area contributed by atoms with Crippen LogP contribution >= 0.6 is 11.3 Å². The number of rotatable bonds is 8. The number of nitrogens with zero attached hydrogens (tertiary/aromatic N) is 2. The van der Waals surface area contributed by atoms with Gasteiger partial charge in [-0.05, 0) is 51.1 Å². The summed E-state index contributed by atoms with van der Waals surface area (Å²) >= 11 is 1.39. The Hall–Kier alpha value is -3.06. The summed E-state index contributed by atoms with van der Waals surface area (Å²) in [6.45, 7) is 6.73. The number of carbonyl (C=O) groups excluding carboxylic acids is 2. The third-order valence-electron chi connectivity index (χ3n) is 5.22. The third-order valence-corrected chi connectivity index (χ3v) is 6.33. The molecule has 164 valence electrons. The van der Waals surface area contributed by atoms with Crippen LogP contribution < -0.4 is 15.4 Å². The lowest BCUT2D eigenvalue weighted by Crippen LogP contribution is -2.49. The van der Waals surface area contributed by atoms with Gasteiger partial charge in [-0.25, -0.2) is 0 Å². The van der Waals surface area contributed by atoms with Gasteiger partial charge in [-0.2, -0.15) is 0 Å². The molecule has 1 heterocycles. The lowest BCUT2D eigenvalue weighted by atomic mass is 10.1. The van der Waals surface area contributed by atoms with E-state index >= 15 is 0 Å². The summed E-state index contributed by atoms with van der Waals surface area (Å²) in [5, 5.41) is 0.987. The Morgan fingerprint density at radius 2 is 1.74 bits per heavy atom. The minimum atomic E-state index is -0.980. The van der Waals surface area contributed by atoms with Crippen LogP contribution in [-0.2, 0) is 4.79 Å². The van der Waals surface area contributed by atoms with Crippen molar-refractivity contribution < 1.29 is 14.3 Å². The smallest absolute Gasteiger partial charge is 0.265 e. The summed E-state index contributed by atoms with van der Waals surface area (Å²) in [5.41, 5.74) is 6.60. The monoisotopic (exact) mass is 439 g/mol. The third kappa shape index (κ3) is 5.17. The SMILES string of the molecule is Cc1ccc(OC(C)(C)C(=O)N(C)CCN(C)c2cccc3sc(C(N)=O)cc23)cc1. The summed E-state index contributed by atoms with van der Waals surface area (Å²) in [6, 6.07) is 15.5. The van der Waals surface area contributed by atoms with Crippen LogP contribution in [0.25, 0.3) is 10.1 Å². The fraction of sp³-hybridized carbons (Fsp3) is 0.333. The van der Waals surface area contributed by atoms with E-state index in [-0.39, 0.29) is 5.91 Å². The first kappa shape index (κ1) is 22.6. The molecule has 0 saturated heterocycles. The molecule has 0 aliphatic heterocycles. The van der Waals surface area contributed by atoms with Crippen molar-refractivity contribution in [1.82, 2.24) is 4.90 Å². The van der Waals surface area contributed by atoms with E-state index in [1.54, 1.807) is 25.8 Å². The standard InChI is InChI=1S/C24H29N3O3S/c1-16-9-11-17(12-10-16)30-24(2,3)23(29)27(5)14-13-26(4)19-7-6-8-20-18(19)15-21(31-20)22(25)28/h6-12,15H,13-14H2,1-5H3,(H2,25,28). The van der Waals surface area contributed by atoms with Crippen LogP contribution in [0.5, 0.6) is 5.75 Å². The molecule has 2 aromatic carbocycles. The van der Waals surface area contributed by atoms with Crippen molar-refractivity contribution in [2.45, 2.75) is 26.4 Å². The molecule has 0 fully saturated rings. The average Bonchev–Trinajstić information content (AvgIpc) is 3.17. The van der Waals surface area contributed by atoms with Crippen molar-refractivity contribution >= 4 is 38.9 Å². The molecule has 3 rings (SSSR count). The fourth-order valence-electron chi connectivity index (χ4n) is 3.43. The molecule has 0 radical (unpaired) electrons. The van der Waals surface area contributed by atoms with Gasteiger partial charge >= 0.3 is 0 Å². The number of fused-ring (bicyclic) bond motifs is 1. The highest BCUT2D eigenvalue weighted by Gasteiger charge is 2.32. The van der Waals surface area contributed by atoms with Gasteiger partial charge in [-0.3, -0.25) is 9.59 Å². The van der Waals surface area contributed by atoms with Crippen molar-refractivity contribution in [2.75, 3.05) is 32.1 Å². The van der Waals surface area contributed by atoms with Crippen molar-refractivity contribution in [3.05, 3.63) is 59.0 Å². The largest absolute Gasteiger partial charge is 0.478 e. The molecule has 31 heavy (non-hydrogen) atoms. The Morgan fingerprint density at radius 1 is 1.06 bits per heavy atom. The van der Waals surface area contributed by atoms with Gasteiger partial charge < -0.3 is 20.3 Å². The molecular weight excluding hydrogens is 410 g/mol. The molecule has 0 bridgehead atoms. The predicted octanol–water partition coefficient (Wildman–Crippen LogP) is 4.06. The molecule has 6 nitrogen and oxygen atoms in total. The number of thiophene rings is 1. The maximum atomic E-state index is 13.0. The van der Waals surface area contributed by atoms with Crippen molar-refractivity contribution in [3.63, 3.8) is 0 Å². The van der Waals surface area contributed by atoms with Crippen LogP contribution in [0.4, 0.5) is 5.69 Å². The number of nitrogens with two attached hydrogens (primary N) is 1. The van der Waals surface area contributed by atoms with E-state index in [1.165, 1.54) is 11.3 Å². The Kier molecular flexibility index (Phi) is 6.55. The lowest BCUT2D eigenvalue weighted by Gasteiger charge is -2.31. The van der Waals surface area contributed by atoms with E-state index < -0.39 is 11.5 Å². The van der Waals surface area contributed by atoms with Crippen LogP contribution in [0.2, 0.25) is 0 Å². The van der Waals surface area contributed by atoms with E-state index in [0.29, 0.717) is 23.7 Å². The summed E-state index contributed by atoms with van der Waals surface area (Å²) in [6.07, 6.45) is 0. The van der Waals surface area contributed by atoms with Crippen molar-refractivity contribution in [1.29, 1.82) is 0 Å². The molecule has 7 heteroatoms. The molecule has 2 N–H and O–H groups in total. The van der Waals surface area contributed by atoms with Crippen LogP contribution in [0.3, 0.4) is 0 Å². The molecule has 0 saturated carbocycles. The van der Waals surface area contributed by atoms with E-state index in [4.69, 9.17) is 10.5 Å². The summed E-state index contributed by atoms with van der Waals surface area (Å²) in [7, 11) is 3.76. The average molecular weight is 440 g/mol. The van der Waals surface area contributed by atoms with Gasteiger partial charge in [-0.15, -0.1) is 11.3 Å². The number of hydrogen-bond donors (Lipinski definition) is 1. The van der Waals surface area contributed by atoms with Crippen LogP contribution in [0, 0.1) is 6.92 Å². The molecule has 0 aliphatic rings. The molecule has 3 aromatic rings. The second-order valence-corrected chi connectivity index (χ2v) is 9.32. The number of aryl methyl sites for hydroxylation is 1. The summed E-state index contributed by atoms with van der Waals surface area (Å²) in [4.78, 5) is 28.9. The number of primary amides is 1. The first-order chi connectivity index (χ1) is 14.6. The normalized spacial score (nSPS) is 11.4. The predicted molar refractivity (Wildman–Crippen MR) is 127 cm³/mol. The number of carbonyl (C=O) groups is 2. The highest BCUT2D eigenvalue weighted by molar-refractivity contribution is 7.20. The van der Waals surface area contributed by atoms with Gasteiger partial charge in [0.15, 0.2) is 5.60 Å². The number of benzene rings is 2. The molecular formula is C24H29N3O3S. The van der Waals surface area contributed by atoms with E-state index in [9.17, 15) is 9.59 Å². The van der Waals surface area contributed by atoms with Crippen molar-refractivity contribution in [3.8, 4) is 5.75 Å². The van der Waals surface area contributed by atoms with Crippen LogP contribution in [-0.4, -0.2) is 49.5 Å². The highest BCUT2D eigenvalue weighted by atomic mass is 32.1. The summed E-state index contributed by atoms with van der Waals surface area (Å²) in [5.74, 6) is 0.158. The van der Waals surface area contributed by atoms with Crippen LogP contribution in [0.1, 0.15) is 29.1 Å². The Morgan fingerprint density at radius 3 is 2.39 bits per heavy atom. The number of likely N-dealkylation sites (N-methyl/N-ethyl adjacent to an activating group) is 2. The minimum Gasteiger partial charge on any atom is -0.478 e. The maximum absolute atomic E-state index is 13.0. The zero-order valence-electron chi connectivity index (χ0n) is 18.6. The molecule has 0 atom stereocenters. The maximum Gasteiger partial charge on any atom is 0.265 e. The number of anilines is 1.